The molecule has 5 heteroatoms. The lowest BCUT2D eigenvalue weighted by molar-refractivity contribution is -0.129. The number of nitrogens with one attached hydrogen (secondary N) is 1. The maximum absolute atomic E-state index is 12.2. The Hall–Kier alpha value is -2.04. The SMILES string of the molecule is CC(=O)N(CCC(=O)Nc1ccc(N2CCC(C)CC2)cc1)CC(C)C. The van der Waals surface area contributed by atoms with Crippen LogP contribution in [0.25, 0.3) is 0 Å². The van der Waals surface area contributed by atoms with E-state index in [-0.39, 0.29) is 11.8 Å². The van der Waals surface area contributed by atoms with E-state index in [9.17, 15) is 9.59 Å². The first kappa shape index (κ1) is 20.3. The van der Waals surface area contributed by atoms with Gasteiger partial charge in [0.15, 0.2) is 0 Å². The van der Waals surface area contributed by atoms with Crippen LogP contribution in [0.1, 0.15) is 47.0 Å². The Bertz CT molecular complexity index is 590. The average molecular weight is 360 g/mol. The Kier molecular flexibility index (Phi) is 7.49. The predicted octanol–water partition coefficient (Wildman–Crippen LogP) is 3.76. The van der Waals surface area contributed by atoms with Crippen LogP contribution in [-0.2, 0) is 9.59 Å². The molecule has 0 unspecified atom stereocenters. The van der Waals surface area contributed by atoms with Crippen LogP contribution in [0.2, 0.25) is 0 Å². The van der Waals surface area contributed by atoms with Crippen molar-refractivity contribution in [3.8, 4) is 0 Å². The minimum atomic E-state index is -0.0560. The van der Waals surface area contributed by atoms with Crippen LogP contribution < -0.4 is 10.2 Å². The zero-order valence-electron chi connectivity index (χ0n) is 16.6. The highest BCUT2D eigenvalue weighted by Crippen LogP contribution is 2.24. The van der Waals surface area contributed by atoms with Crippen LogP contribution >= 0.6 is 0 Å². The van der Waals surface area contributed by atoms with Gasteiger partial charge < -0.3 is 15.1 Å². The van der Waals surface area contributed by atoms with Gasteiger partial charge in [-0.05, 0) is 48.9 Å². The van der Waals surface area contributed by atoms with Crippen LogP contribution in [0.5, 0.6) is 0 Å². The van der Waals surface area contributed by atoms with Crippen molar-refractivity contribution in [3.05, 3.63) is 24.3 Å². The molecule has 2 amide bonds. The summed E-state index contributed by atoms with van der Waals surface area (Å²) < 4.78 is 0. The van der Waals surface area contributed by atoms with E-state index in [0.29, 0.717) is 25.4 Å². The van der Waals surface area contributed by atoms with Gasteiger partial charge in [-0.25, -0.2) is 0 Å². The Balaban J connectivity index is 1.82. The topological polar surface area (TPSA) is 52.7 Å². The largest absolute Gasteiger partial charge is 0.372 e. The first-order valence-electron chi connectivity index (χ1n) is 9.75. The van der Waals surface area contributed by atoms with E-state index in [1.54, 1.807) is 11.8 Å². The number of carbonyl (C=O) groups is 2. The smallest absolute Gasteiger partial charge is 0.226 e. The summed E-state index contributed by atoms with van der Waals surface area (Å²) in [6.07, 6.45) is 2.79. The Morgan fingerprint density at radius 2 is 1.81 bits per heavy atom. The lowest BCUT2D eigenvalue weighted by Crippen LogP contribution is -2.34. The Labute approximate surface area is 157 Å². The van der Waals surface area contributed by atoms with Crippen molar-refractivity contribution < 1.29 is 9.59 Å². The van der Waals surface area contributed by atoms with Crippen molar-refractivity contribution in [2.45, 2.75) is 47.0 Å². The van der Waals surface area contributed by atoms with Crippen LogP contribution in [0, 0.1) is 11.8 Å². The molecule has 0 saturated carbocycles. The van der Waals surface area contributed by atoms with Crippen LogP contribution in [0.3, 0.4) is 0 Å². The first-order chi connectivity index (χ1) is 12.3. The van der Waals surface area contributed by atoms with Gasteiger partial charge in [0, 0.05) is 50.9 Å². The highest BCUT2D eigenvalue weighted by Gasteiger charge is 2.16. The molecule has 0 aliphatic carbocycles. The van der Waals surface area contributed by atoms with E-state index in [4.69, 9.17) is 0 Å². The number of amides is 2. The van der Waals surface area contributed by atoms with Crippen molar-refractivity contribution in [3.63, 3.8) is 0 Å². The van der Waals surface area contributed by atoms with Crippen molar-refractivity contribution in [1.82, 2.24) is 4.90 Å². The van der Waals surface area contributed by atoms with Crippen molar-refractivity contribution >= 4 is 23.2 Å². The molecule has 0 atom stereocenters. The maximum Gasteiger partial charge on any atom is 0.226 e. The van der Waals surface area contributed by atoms with Gasteiger partial charge in [0.1, 0.15) is 0 Å². The maximum atomic E-state index is 12.2. The summed E-state index contributed by atoms with van der Waals surface area (Å²) in [7, 11) is 0. The molecule has 1 saturated heterocycles. The molecule has 144 valence electrons. The number of piperidine rings is 1. The molecule has 1 aliphatic heterocycles. The number of hydrogen-bond donors (Lipinski definition) is 1. The monoisotopic (exact) mass is 359 g/mol. The van der Waals surface area contributed by atoms with E-state index in [0.717, 1.165) is 24.7 Å². The second-order valence-electron chi connectivity index (χ2n) is 7.87. The zero-order valence-corrected chi connectivity index (χ0v) is 16.6. The fourth-order valence-electron chi connectivity index (χ4n) is 3.30. The standard InChI is InChI=1S/C21H33N3O2/c1-16(2)15-24(18(4)25)14-11-21(26)22-19-5-7-20(8-6-19)23-12-9-17(3)10-13-23/h5-8,16-17H,9-15H2,1-4H3,(H,22,26). The predicted molar refractivity (Wildman–Crippen MR) is 107 cm³/mol. The van der Waals surface area contributed by atoms with Gasteiger partial charge in [-0.15, -0.1) is 0 Å². The number of anilines is 2. The number of rotatable bonds is 7. The highest BCUT2D eigenvalue weighted by molar-refractivity contribution is 5.91. The lowest BCUT2D eigenvalue weighted by Gasteiger charge is -2.32. The molecule has 1 heterocycles. The molecule has 0 aromatic heterocycles. The van der Waals surface area contributed by atoms with Crippen LogP contribution in [-0.4, -0.2) is 42.9 Å². The number of nitrogens with zero attached hydrogens (tertiary/aromatic N) is 2. The van der Waals surface area contributed by atoms with E-state index in [2.05, 4.69) is 43.1 Å². The third kappa shape index (κ3) is 6.36. The van der Waals surface area contributed by atoms with Gasteiger partial charge in [0.05, 0.1) is 0 Å². The number of carbonyl (C=O) groups excluding carboxylic acids is 2. The summed E-state index contributed by atoms with van der Waals surface area (Å²) in [4.78, 5) is 28.0. The first-order valence-corrected chi connectivity index (χ1v) is 9.75. The molecule has 2 rings (SSSR count). The van der Waals surface area contributed by atoms with Gasteiger partial charge in [-0.3, -0.25) is 9.59 Å². The number of benzene rings is 1. The van der Waals surface area contributed by atoms with Crippen LogP contribution in [0.15, 0.2) is 24.3 Å². The molecule has 1 N–H and O–H groups in total. The summed E-state index contributed by atoms with van der Waals surface area (Å²) in [5.74, 6) is 1.17. The van der Waals surface area contributed by atoms with E-state index in [1.807, 2.05) is 12.1 Å². The summed E-state index contributed by atoms with van der Waals surface area (Å²) in [6.45, 7) is 11.4. The zero-order chi connectivity index (χ0) is 19.1. The quantitative estimate of drug-likeness (QED) is 0.806. The molecule has 1 aromatic carbocycles. The molecule has 1 aromatic rings. The molecular weight excluding hydrogens is 326 g/mol. The minimum Gasteiger partial charge on any atom is -0.372 e. The van der Waals surface area contributed by atoms with Crippen molar-refractivity contribution in [2.24, 2.45) is 11.8 Å². The van der Waals surface area contributed by atoms with E-state index < -0.39 is 0 Å². The fraction of sp³-hybridized carbons (Fsp3) is 0.619. The molecule has 0 radical (unpaired) electrons. The molecule has 26 heavy (non-hydrogen) atoms. The van der Waals surface area contributed by atoms with Crippen LogP contribution in [0.4, 0.5) is 11.4 Å². The van der Waals surface area contributed by atoms with E-state index in [1.165, 1.54) is 18.5 Å². The molecule has 1 fully saturated rings. The van der Waals surface area contributed by atoms with Crippen molar-refractivity contribution in [1.29, 1.82) is 0 Å². The Morgan fingerprint density at radius 3 is 2.35 bits per heavy atom. The minimum absolute atomic E-state index is 0.0201. The van der Waals surface area contributed by atoms with Gasteiger partial charge >= 0.3 is 0 Å². The summed E-state index contributed by atoms with van der Waals surface area (Å²) in [5, 5.41) is 2.93. The summed E-state index contributed by atoms with van der Waals surface area (Å²) in [6, 6.07) is 8.07. The third-order valence-corrected chi connectivity index (χ3v) is 4.94. The molecule has 0 spiro atoms. The number of hydrogen-bond acceptors (Lipinski definition) is 3. The van der Waals surface area contributed by atoms with Gasteiger partial charge in [0.2, 0.25) is 11.8 Å². The summed E-state index contributed by atoms with van der Waals surface area (Å²) >= 11 is 0. The fourth-order valence-corrected chi connectivity index (χ4v) is 3.30. The highest BCUT2D eigenvalue weighted by atomic mass is 16.2. The summed E-state index contributed by atoms with van der Waals surface area (Å²) in [5.41, 5.74) is 2.02. The third-order valence-electron chi connectivity index (χ3n) is 4.94. The van der Waals surface area contributed by atoms with Gasteiger partial charge in [0.25, 0.3) is 0 Å². The molecule has 0 bridgehead atoms. The lowest BCUT2D eigenvalue weighted by atomic mass is 9.99. The average Bonchev–Trinajstić information content (AvgIpc) is 2.59. The molecule has 5 nitrogen and oxygen atoms in total. The second-order valence-corrected chi connectivity index (χ2v) is 7.87. The van der Waals surface area contributed by atoms with Crippen molar-refractivity contribution in [2.75, 3.05) is 36.4 Å². The van der Waals surface area contributed by atoms with Gasteiger partial charge in [-0.2, -0.15) is 0 Å². The normalized spacial score (nSPS) is 15.2. The van der Waals surface area contributed by atoms with E-state index >= 15 is 0 Å². The Morgan fingerprint density at radius 1 is 1.19 bits per heavy atom. The molecular formula is C21H33N3O2. The second kappa shape index (κ2) is 9.60. The van der Waals surface area contributed by atoms with Gasteiger partial charge in [-0.1, -0.05) is 20.8 Å². The molecule has 1 aliphatic rings.